The van der Waals surface area contributed by atoms with Crippen LogP contribution in [0.15, 0.2) is 16.0 Å². The van der Waals surface area contributed by atoms with E-state index in [1.54, 1.807) is 12.1 Å². The van der Waals surface area contributed by atoms with Crippen LogP contribution < -0.4 is 4.90 Å². The van der Waals surface area contributed by atoms with E-state index in [1.165, 1.54) is 11.3 Å². The monoisotopic (exact) mass is 485 g/mol. The predicted molar refractivity (Wildman–Crippen MR) is 122 cm³/mol. The minimum atomic E-state index is -1.89. The molecule has 1 fully saturated rings. The van der Waals surface area contributed by atoms with Crippen LogP contribution >= 0.6 is 27.3 Å². The summed E-state index contributed by atoms with van der Waals surface area (Å²) < 4.78 is 8.19. The van der Waals surface area contributed by atoms with Gasteiger partial charge in [0.1, 0.15) is 11.2 Å². The fraction of sp³-hybridized carbons (Fsp3) is 0.632. The molecule has 154 valence electrons. The first-order valence-electron chi connectivity index (χ1n) is 9.55. The SMILES string of the molecule is C[C@@H]1C[C@@H](CO[Si](C)(C)C(C)(C)C)N(c2c([N+](=O)[O-])ccc3sc(Br)nc23)C1. The molecule has 1 saturated heterocycles. The molecule has 1 aliphatic rings. The third-order valence-corrected chi connectivity index (χ3v) is 12.0. The molecule has 2 heterocycles. The van der Waals surface area contributed by atoms with Crippen molar-refractivity contribution in [2.24, 2.45) is 5.92 Å². The first-order chi connectivity index (χ1) is 12.9. The zero-order valence-corrected chi connectivity index (χ0v) is 20.7. The molecule has 0 amide bonds. The van der Waals surface area contributed by atoms with Crippen molar-refractivity contribution < 1.29 is 9.35 Å². The van der Waals surface area contributed by atoms with Crippen LogP contribution in [0.1, 0.15) is 34.1 Å². The molecule has 6 nitrogen and oxygen atoms in total. The Bertz CT molecular complexity index is 896. The predicted octanol–water partition coefficient (Wildman–Crippen LogP) is 6.20. The Balaban J connectivity index is 1.99. The Labute approximate surface area is 179 Å². The Hall–Kier alpha value is -1.03. The number of hydrogen-bond acceptors (Lipinski definition) is 6. The lowest BCUT2D eigenvalue weighted by molar-refractivity contribution is -0.384. The molecule has 1 aromatic carbocycles. The van der Waals surface area contributed by atoms with E-state index in [1.807, 2.05) is 0 Å². The number of rotatable bonds is 5. The molecule has 2 atom stereocenters. The number of thiazole rings is 1. The molecule has 0 N–H and O–H groups in total. The van der Waals surface area contributed by atoms with E-state index < -0.39 is 8.32 Å². The van der Waals surface area contributed by atoms with Gasteiger partial charge in [0.05, 0.1) is 22.3 Å². The van der Waals surface area contributed by atoms with Gasteiger partial charge in [-0.25, -0.2) is 4.98 Å². The summed E-state index contributed by atoms with van der Waals surface area (Å²) in [6.07, 6.45) is 0.966. The average molecular weight is 487 g/mol. The van der Waals surface area contributed by atoms with E-state index in [0.717, 1.165) is 21.6 Å². The summed E-state index contributed by atoms with van der Waals surface area (Å²) in [5.74, 6) is 0.449. The van der Waals surface area contributed by atoms with E-state index >= 15 is 0 Å². The van der Waals surface area contributed by atoms with Gasteiger partial charge in [-0.2, -0.15) is 0 Å². The van der Waals surface area contributed by atoms with Crippen LogP contribution in [0.5, 0.6) is 0 Å². The van der Waals surface area contributed by atoms with Crippen molar-refractivity contribution in [2.75, 3.05) is 18.1 Å². The van der Waals surface area contributed by atoms with Crippen LogP contribution in [0.2, 0.25) is 18.1 Å². The first kappa shape index (κ1) is 21.7. The smallest absolute Gasteiger partial charge is 0.294 e. The number of fused-ring (bicyclic) bond motifs is 1. The second-order valence-corrected chi connectivity index (χ2v) is 16.3. The van der Waals surface area contributed by atoms with Gasteiger partial charge >= 0.3 is 0 Å². The number of nitro benzene ring substituents is 1. The van der Waals surface area contributed by atoms with Crippen molar-refractivity contribution in [2.45, 2.75) is 58.3 Å². The molecule has 0 bridgehead atoms. The third-order valence-electron chi connectivity index (χ3n) is 6.04. The number of halogens is 1. The van der Waals surface area contributed by atoms with E-state index in [4.69, 9.17) is 4.43 Å². The molecule has 3 rings (SSSR count). The van der Waals surface area contributed by atoms with Gasteiger partial charge < -0.3 is 9.33 Å². The van der Waals surface area contributed by atoms with Crippen LogP contribution in [0.3, 0.4) is 0 Å². The molecular formula is C19H28BrN3O3SSi. The molecular weight excluding hydrogens is 458 g/mol. The highest BCUT2D eigenvalue weighted by Gasteiger charge is 2.41. The third kappa shape index (κ3) is 4.12. The van der Waals surface area contributed by atoms with Gasteiger partial charge in [-0.1, -0.05) is 27.7 Å². The summed E-state index contributed by atoms with van der Waals surface area (Å²) in [6.45, 7) is 14.8. The first-order valence-corrected chi connectivity index (χ1v) is 14.1. The highest BCUT2D eigenvalue weighted by molar-refractivity contribution is 9.11. The van der Waals surface area contributed by atoms with Crippen molar-refractivity contribution >= 4 is 57.2 Å². The van der Waals surface area contributed by atoms with Gasteiger partial charge in [-0.05, 0) is 52.5 Å². The van der Waals surface area contributed by atoms with Crippen molar-refractivity contribution in [1.82, 2.24) is 4.98 Å². The number of nitrogens with zero attached hydrogens (tertiary/aromatic N) is 3. The van der Waals surface area contributed by atoms with Gasteiger partial charge in [0, 0.05) is 12.6 Å². The maximum atomic E-state index is 11.8. The Morgan fingerprint density at radius 2 is 2.11 bits per heavy atom. The normalized spacial score (nSPS) is 20.9. The number of hydrogen-bond donors (Lipinski definition) is 0. The Morgan fingerprint density at radius 1 is 1.43 bits per heavy atom. The van der Waals surface area contributed by atoms with Gasteiger partial charge in [0.25, 0.3) is 5.69 Å². The summed E-state index contributed by atoms with van der Waals surface area (Å²) in [4.78, 5) is 18.2. The average Bonchev–Trinajstić information content (AvgIpc) is 3.12. The summed E-state index contributed by atoms with van der Waals surface area (Å²) in [5, 5.41) is 11.9. The van der Waals surface area contributed by atoms with E-state index in [-0.39, 0.29) is 21.7 Å². The van der Waals surface area contributed by atoms with Gasteiger partial charge in [0.2, 0.25) is 0 Å². The maximum absolute atomic E-state index is 11.8. The largest absolute Gasteiger partial charge is 0.415 e. The fourth-order valence-corrected chi connectivity index (χ4v) is 5.91. The highest BCUT2D eigenvalue weighted by Crippen LogP contribution is 2.43. The molecule has 0 saturated carbocycles. The topological polar surface area (TPSA) is 68.5 Å². The molecule has 9 heteroatoms. The molecule has 2 aromatic rings. The van der Waals surface area contributed by atoms with Crippen LogP contribution in [0.4, 0.5) is 11.4 Å². The van der Waals surface area contributed by atoms with Crippen molar-refractivity contribution in [1.29, 1.82) is 0 Å². The highest BCUT2D eigenvalue weighted by atomic mass is 79.9. The zero-order chi connectivity index (χ0) is 20.9. The van der Waals surface area contributed by atoms with Gasteiger partial charge in [-0.3, -0.25) is 10.1 Å². The van der Waals surface area contributed by atoms with E-state index in [0.29, 0.717) is 23.7 Å². The van der Waals surface area contributed by atoms with E-state index in [9.17, 15) is 10.1 Å². The van der Waals surface area contributed by atoms with Crippen molar-refractivity contribution in [3.8, 4) is 0 Å². The summed E-state index contributed by atoms with van der Waals surface area (Å²) in [5.41, 5.74) is 1.46. The minimum absolute atomic E-state index is 0.119. The summed E-state index contributed by atoms with van der Waals surface area (Å²) in [7, 11) is -1.89. The van der Waals surface area contributed by atoms with Gasteiger partial charge in [0.15, 0.2) is 12.2 Å². The summed E-state index contributed by atoms with van der Waals surface area (Å²) in [6, 6.07) is 3.52. The van der Waals surface area contributed by atoms with Crippen LogP contribution in [-0.2, 0) is 4.43 Å². The second kappa shape index (κ2) is 7.66. The molecule has 0 radical (unpaired) electrons. The van der Waals surface area contributed by atoms with E-state index in [2.05, 4.69) is 66.6 Å². The van der Waals surface area contributed by atoms with Crippen molar-refractivity contribution in [3.05, 3.63) is 26.2 Å². The summed E-state index contributed by atoms with van der Waals surface area (Å²) >= 11 is 4.93. The Kier molecular flexibility index (Phi) is 5.93. The lowest BCUT2D eigenvalue weighted by Crippen LogP contribution is -2.45. The number of benzene rings is 1. The lowest BCUT2D eigenvalue weighted by atomic mass is 10.1. The minimum Gasteiger partial charge on any atom is -0.415 e. The number of aromatic nitrogens is 1. The molecule has 1 aliphatic heterocycles. The fourth-order valence-electron chi connectivity index (χ4n) is 3.48. The van der Waals surface area contributed by atoms with Crippen LogP contribution in [0.25, 0.3) is 10.2 Å². The van der Waals surface area contributed by atoms with Crippen LogP contribution in [0, 0.1) is 16.0 Å². The quantitative estimate of drug-likeness (QED) is 0.286. The standard InChI is InChI=1S/C19H28BrN3O3SSi/c1-12-9-13(11-26-28(5,6)19(2,3)4)22(10-12)17-14(23(24)25)7-8-15-16(17)21-18(20)27-15/h7-8,12-13H,9-11H2,1-6H3/t12-,13+/m1/s1. The molecule has 0 unspecified atom stereocenters. The lowest BCUT2D eigenvalue weighted by Gasteiger charge is -2.38. The number of nitro groups is 1. The molecule has 0 aliphatic carbocycles. The molecule has 28 heavy (non-hydrogen) atoms. The zero-order valence-electron chi connectivity index (χ0n) is 17.3. The van der Waals surface area contributed by atoms with Gasteiger partial charge in [-0.15, -0.1) is 11.3 Å². The van der Waals surface area contributed by atoms with Crippen molar-refractivity contribution in [3.63, 3.8) is 0 Å². The second-order valence-electron chi connectivity index (χ2n) is 9.22. The maximum Gasteiger partial charge on any atom is 0.294 e. The number of anilines is 1. The molecule has 0 spiro atoms. The van der Waals surface area contributed by atoms with Crippen LogP contribution in [-0.4, -0.2) is 37.4 Å². The molecule has 1 aromatic heterocycles. The Morgan fingerprint density at radius 3 is 2.71 bits per heavy atom.